The topological polar surface area (TPSA) is 17.8 Å². The minimum absolute atomic E-state index is 0.856. The number of hydrogen-bond acceptors (Lipinski definition) is 1. The summed E-state index contributed by atoms with van der Waals surface area (Å²) < 4.78 is 2.31. The van der Waals surface area contributed by atoms with E-state index in [1.165, 1.54) is 18.5 Å². The third kappa shape index (κ3) is 2.76. The van der Waals surface area contributed by atoms with Gasteiger partial charge < -0.3 is 4.57 Å². The van der Waals surface area contributed by atoms with Crippen LogP contribution in [0.15, 0.2) is 37.1 Å². The zero-order valence-corrected chi connectivity index (χ0v) is 10.7. The number of imidazole rings is 1. The molecule has 1 aromatic heterocycles. The summed E-state index contributed by atoms with van der Waals surface area (Å²) >= 11 is 0. The predicted molar refractivity (Wildman–Crippen MR) is 72.7 cm³/mol. The maximum atomic E-state index is 4.42. The normalized spacial score (nSPS) is 16.7. The third-order valence-electron chi connectivity index (χ3n) is 3.18. The molecule has 1 saturated carbocycles. The Morgan fingerprint density at radius 1 is 1.59 bits per heavy atom. The second kappa shape index (κ2) is 5.17. The standard InChI is InChI=1S/C15H20N2/c1-4-6-7-14(5-2)15-10-16-12(3)17(15)11-13-8-9-13/h4-7,10,13H,2,8-9,11H2,1,3H3/b6-4-,14-7+. The fourth-order valence-corrected chi connectivity index (χ4v) is 1.95. The second-order valence-electron chi connectivity index (χ2n) is 4.60. The maximum Gasteiger partial charge on any atom is 0.105 e. The molecule has 0 aliphatic heterocycles. The van der Waals surface area contributed by atoms with Crippen LogP contribution < -0.4 is 0 Å². The highest BCUT2D eigenvalue weighted by atomic mass is 15.1. The molecule has 1 aromatic rings. The lowest BCUT2D eigenvalue weighted by atomic mass is 10.1. The first kappa shape index (κ1) is 11.9. The summed E-state index contributed by atoms with van der Waals surface area (Å²) in [7, 11) is 0. The molecule has 0 bridgehead atoms. The molecule has 0 unspecified atom stereocenters. The lowest BCUT2D eigenvalue weighted by Gasteiger charge is -2.09. The lowest BCUT2D eigenvalue weighted by Crippen LogP contribution is -2.05. The van der Waals surface area contributed by atoms with Gasteiger partial charge in [-0.2, -0.15) is 0 Å². The van der Waals surface area contributed by atoms with Crippen LogP contribution in [0.25, 0.3) is 5.57 Å². The van der Waals surface area contributed by atoms with Gasteiger partial charge in [-0.3, -0.25) is 0 Å². The summed E-state index contributed by atoms with van der Waals surface area (Å²) in [5, 5.41) is 0. The molecule has 0 radical (unpaired) electrons. The zero-order valence-electron chi connectivity index (χ0n) is 10.7. The highest BCUT2D eigenvalue weighted by molar-refractivity contribution is 5.72. The van der Waals surface area contributed by atoms with Crippen LogP contribution in [0, 0.1) is 12.8 Å². The Labute approximate surface area is 103 Å². The fourth-order valence-electron chi connectivity index (χ4n) is 1.95. The van der Waals surface area contributed by atoms with E-state index in [-0.39, 0.29) is 0 Å². The highest BCUT2D eigenvalue weighted by Gasteiger charge is 2.23. The second-order valence-corrected chi connectivity index (χ2v) is 4.60. The van der Waals surface area contributed by atoms with Gasteiger partial charge in [-0.25, -0.2) is 4.98 Å². The van der Waals surface area contributed by atoms with Gasteiger partial charge in [-0.1, -0.05) is 30.9 Å². The lowest BCUT2D eigenvalue weighted by molar-refractivity contribution is 0.605. The van der Waals surface area contributed by atoms with Gasteiger partial charge in [0.15, 0.2) is 0 Å². The van der Waals surface area contributed by atoms with Crippen LogP contribution in [0.2, 0.25) is 0 Å². The minimum atomic E-state index is 0.856. The van der Waals surface area contributed by atoms with Crippen LogP contribution in [0.3, 0.4) is 0 Å². The van der Waals surface area contributed by atoms with Gasteiger partial charge in [0.25, 0.3) is 0 Å². The van der Waals surface area contributed by atoms with Gasteiger partial charge in [-0.15, -0.1) is 0 Å². The van der Waals surface area contributed by atoms with E-state index < -0.39 is 0 Å². The molecule has 2 heteroatoms. The predicted octanol–water partition coefficient (Wildman–Crippen LogP) is 3.75. The average molecular weight is 228 g/mol. The summed E-state index contributed by atoms with van der Waals surface area (Å²) in [5.74, 6) is 1.95. The first-order valence-corrected chi connectivity index (χ1v) is 6.24. The van der Waals surface area contributed by atoms with Crippen molar-refractivity contribution in [1.82, 2.24) is 9.55 Å². The fraction of sp³-hybridized carbons (Fsp3) is 0.400. The molecule has 1 heterocycles. The Kier molecular flexibility index (Phi) is 3.62. The molecule has 90 valence electrons. The summed E-state index contributed by atoms with van der Waals surface area (Å²) in [4.78, 5) is 4.42. The molecule has 0 amide bonds. The van der Waals surface area contributed by atoms with E-state index in [2.05, 4.69) is 29.1 Å². The van der Waals surface area contributed by atoms with Crippen molar-refractivity contribution in [2.24, 2.45) is 5.92 Å². The molecule has 1 fully saturated rings. The van der Waals surface area contributed by atoms with Crippen molar-refractivity contribution < 1.29 is 0 Å². The smallest absolute Gasteiger partial charge is 0.105 e. The van der Waals surface area contributed by atoms with Crippen LogP contribution in [-0.4, -0.2) is 9.55 Å². The molecular formula is C15H20N2. The van der Waals surface area contributed by atoms with Crippen molar-refractivity contribution in [2.45, 2.75) is 33.2 Å². The molecule has 0 N–H and O–H groups in total. The van der Waals surface area contributed by atoms with Gasteiger partial charge in [0, 0.05) is 6.54 Å². The highest BCUT2D eigenvalue weighted by Crippen LogP contribution is 2.32. The summed E-state index contributed by atoms with van der Waals surface area (Å²) in [6, 6.07) is 0. The van der Waals surface area contributed by atoms with E-state index >= 15 is 0 Å². The van der Waals surface area contributed by atoms with E-state index in [0.29, 0.717) is 0 Å². The minimum Gasteiger partial charge on any atom is -0.328 e. The van der Waals surface area contributed by atoms with Crippen molar-refractivity contribution in [2.75, 3.05) is 0 Å². The van der Waals surface area contributed by atoms with Crippen molar-refractivity contribution in [3.63, 3.8) is 0 Å². The van der Waals surface area contributed by atoms with E-state index in [4.69, 9.17) is 0 Å². The zero-order chi connectivity index (χ0) is 12.3. The van der Waals surface area contributed by atoms with Crippen LogP contribution in [0.4, 0.5) is 0 Å². The van der Waals surface area contributed by atoms with Gasteiger partial charge in [0.2, 0.25) is 0 Å². The van der Waals surface area contributed by atoms with Gasteiger partial charge in [-0.05, 0) is 38.2 Å². The average Bonchev–Trinajstić information content (AvgIpc) is 3.08. The van der Waals surface area contributed by atoms with E-state index in [0.717, 1.165) is 23.9 Å². The first-order chi connectivity index (χ1) is 8.26. The first-order valence-electron chi connectivity index (χ1n) is 6.24. The number of hydrogen-bond donors (Lipinski definition) is 0. The quantitative estimate of drug-likeness (QED) is 0.702. The van der Waals surface area contributed by atoms with Crippen molar-refractivity contribution >= 4 is 5.57 Å². The Hall–Kier alpha value is -1.57. The SMILES string of the molecule is C=C/C(=C\C=C/C)c1cnc(C)n1CC1CC1. The van der Waals surface area contributed by atoms with Gasteiger partial charge in [0.1, 0.15) is 5.82 Å². The number of allylic oxidation sites excluding steroid dienone is 5. The van der Waals surface area contributed by atoms with Crippen molar-refractivity contribution in [1.29, 1.82) is 0 Å². The Morgan fingerprint density at radius 3 is 2.94 bits per heavy atom. The van der Waals surface area contributed by atoms with Crippen LogP contribution in [-0.2, 0) is 6.54 Å². The summed E-state index contributed by atoms with van der Waals surface area (Å²) in [6.45, 7) is 9.08. The third-order valence-corrected chi connectivity index (χ3v) is 3.18. The van der Waals surface area contributed by atoms with Crippen molar-refractivity contribution in [3.05, 3.63) is 48.6 Å². The summed E-state index contributed by atoms with van der Waals surface area (Å²) in [5.41, 5.74) is 2.33. The molecule has 0 atom stereocenters. The molecule has 0 spiro atoms. The monoisotopic (exact) mass is 228 g/mol. The van der Waals surface area contributed by atoms with Gasteiger partial charge in [0.05, 0.1) is 11.9 Å². The van der Waals surface area contributed by atoms with Crippen LogP contribution >= 0.6 is 0 Å². The molecule has 0 saturated heterocycles. The Morgan fingerprint density at radius 2 is 2.35 bits per heavy atom. The number of rotatable bonds is 5. The van der Waals surface area contributed by atoms with E-state index in [9.17, 15) is 0 Å². The molecular weight excluding hydrogens is 208 g/mol. The molecule has 17 heavy (non-hydrogen) atoms. The Balaban J connectivity index is 2.32. The van der Waals surface area contributed by atoms with Gasteiger partial charge >= 0.3 is 0 Å². The van der Waals surface area contributed by atoms with Crippen LogP contribution in [0.5, 0.6) is 0 Å². The van der Waals surface area contributed by atoms with E-state index in [1.54, 1.807) is 0 Å². The largest absolute Gasteiger partial charge is 0.328 e. The molecule has 1 aliphatic rings. The number of aromatic nitrogens is 2. The molecule has 2 nitrogen and oxygen atoms in total. The molecule has 2 rings (SSSR count). The number of nitrogens with zero attached hydrogens (tertiary/aromatic N) is 2. The van der Waals surface area contributed by atoms with E-state index in [1.807, 2.05) is 31.3 Å². The van der Waals surface area contributed by atoms with Crippen LogP contribution in [0.1, 0.15) is 31.3 Å². The molecule has 1 aliphatic carbocycles. The molecule has 0 aromatic carbocycles. The number of aryl methyl sites for hydroxylation is 1. The van der Waals surface area contributed by atoms with Crippen molar-refractivity contribution in [3.8, 4) is 0 Å². The maximum absolute atomic E-state index is 4.42. The Bertz CT molecular complexity index is 459. The summed E-state index contributed by atoms with van der Waals surface area (Å²) in [6.07, 6.45) is 12.7.